The van der Waals surface area contributed by atoms with Crippen LogP contribution in [0.3, 0.4) is 0 Å². The van der Waals surface area contributed by atoms with E-state index in [1.165, 1.54) is 17.5 Å². The van der Waals surface area contributed by atoms with Crippen molar-refractivity contribution in [1.29, 1.82) is 0 Å². The maximum atomic E-state index is 5.94. The van der Waals surface area contributed by atoms with Crippen molar-refractivity contribution in [2.75, 3.05) is 6.61 Å². The molecule has 0 saturated heterocycles. The number of pyridine rings is 1. The van der Waals surface area contributed by atoms with Gasteiger partial charge < -0.3 is 9.47 Å². The van der Waals surface area contributed by atoms with E-state index >= 15 is 0 Å². The molecule has 0 radical (unpaired) electrons. The van der Waals surface area contributed by atoms with E-state index in [0.717, 1.165) is 48.4 Å². The Bertz CT molecular complexity index is 1300. The molecule has 5 nitrogen and oxygen atoms in total. The zero-order valence-corrected chi connectivity index (χ0v) is 21.4. The van der Waals surface area contributed by atoms with Gasteiger partial charge in [-0.1, -0.05) is 68.8 Å². The minimum Gasteiger partial charge on any atom is -0.492 e. The molecule has 2 aromatic carbocycles. The summed E-state index contributed by atoms with van der Waals surface area (Å²) >= 11 is 0. The van der Waals surface area contributed by atoms with Crippen molar-refractivity contribution in [2.45, 2.75) is 51.0 Å². The van der Waals surface area contributed by atoms with Crippen LogP contribution in [0, 0.1) is 0 Å². The number of aromatic nitrogens is 3. The average molecular weight is 492 g/mol. The summed E-state index contributed by atoms with van der Waals surface area (Å²) < 4.78 is 11.6. The first-order chi connectivity index (χ1) is 18.2. The molecule has 0 unspecified atom stereocenters. The van der Waals surface area contributed by atoms with Crippen LogP contribution >= 0.6 is 0 Å². The Morgan fingerprint density at radius 2 is 1.65 bits per heavy atom. The van der Waals surface area contributed by atoms with E-state index in [9.17, 15) is 0 Å². The molecule has 0 atom stereocenters. The number of benzene rings is 2. The van der Waals surface area contributed by atoms with E-state index in [1.807, 2.05) is 30.3 Å². The van der Waals surface area contributed by atoms with Gasteiger partial charge in [0.15, 0.2) is 0 Å². The van der Waals surface area contributed by atoms with Crippen molar-refractivity contribution in [3.63, 3.8) is 0 Å². The van der Waals surface area contributed by atoms with Crippen LogP contribution in [0.2, 0.25) is 0 Å². The van der Waals surface area contributed by atoms with Gasteiger partial charge in [-0.3, -0.25) is 4.98 Å². The van der Waals surface area contributed by atoms with Gasteiger partial charge in [-0.15, -0.1) is 10.2 Å². The number of rotatable bonds is 11. The second kappa shape index (κ2) is 11.4. The summed E-state index contributed by atoms with van der Waals surface area (Å²) in [5, 5.41) is 8.75. The van der Waals surface area contributed by atoms with Crippen LogP contribution < -0.4 is 4.74 Å². The Morgan fingerprint density at radius 1 is 0.892 bits per heavy atom. The van der Waals surface area contributed by atoms with Gasteiger partial charge in [0, 0.05) is 17.2 Å². The highest BCUT2D eigenvalue weighted by molar-refractivity contribution is 5.62. The van der Waals surface area contributed by atoms with Crippen LogP contribution in [0.25, 0.3) is 17.0 Å². The minimum absolute atomic E-state index is 0.0567. The maximum absolute atomic E-state index is 5.94. The van der Waals surface area contributed by atoms with E-state index in [0.29, 0.717) is 24.7 Å². The fourth-order valence-electron chi connectivity index (χ4n) is 4.79. The third kappa shape index (κ3) is 5.56. The van der Waals surface area contributed by atoms with Crippen molar-refractivity contribution in [3.8, 4) is 17.0 Å². The first-order valence-electron chi connectivity index (χ1n) is 13.1. The quantitative estimate of drug-likeness (QED) is 0.162. The van der Waals surface area contributed by atoms with E-state index in [-0.39, 0.29) is 5.41 Å². The number of hydrogen-bond acceptors (Lipinski definition) is 5. The lowest BCUT2D eigenvalue weighted by Gasteiger charge is -2.43. The lowest BCUT2D eigenvalue weighted by molar-refractivity contribution is 0.269. The molecule has 0 amide bonds. The molecule has 4 aromatic rings. The molecule has 1 saturated carbocycles. The zero-order chi connectivity index (χ0) is 25.5. The summed E-state index contributed by atoms with van der Waals surface area (Å²) in [4.78, 5) is 4.32. The van der Waals surface area contributed by atoms with Gasteiger partial charge in [0.2, 0.25) is 0 Å². The molecule has 0 spiro atoms. The third-order valence-corrected chi connectivity index (χ3v) is 7.18. The van der Waals surface area contributed by atoms with E-state index < -0.39 is 0 Å². The molecular weight excluding hydrogens is 458 g/mol. The summed E-state index contributed by atoms with van der Waals surface area (Å²) in [6.07, 6.45) is 7.40. The lowest BCUT2D eigenvalue weighted by atomic mass is 9.60. The summed E-state index contributed by atoms with van der Waals surface area (Å²) in [6.45, 7) is 7.24. The third-order valence-electron chi connectivity index (χ3n) is 7.18. The molecule has 0 N–H and O–H groups in total. The van der Waals surface area contributed by atoms with Crippen molar-refractivity contribution in [2.24, 2.45) is 0 Å². The molecule has 5 heteroatoms. The topological polar surface area (TPSA) is 57.1 Å². The molecule has 0 aliphatic heterocycles. The van der Waals surface area contributed by atoms with Crippen molar-refractivity contribution in [3.05, 3.63) is 114 Å². The van der Waals surface area contributed by atoms with Gasteiger partial charge in [-0.25, -0.2) is 0 Å². The molecule has 1 aliphatic carbocycles. The van der Waals surface area contributed by atoms with E-state index in [2.05, 4.69) is 77.2 Å². The number of hydrogen-bond donors (Lipinski definition) is 0. The van der Waals surface area contributed by atoms with Crippen LogP contribution in [0.1, 0.15) is 61.5 Å². The summed E-state index contributed by atoms with van der Waals surface area (Å²) in [7, 11) is 0. The second-order valence-electron chi connectivity index (χ2n) is 9.58. The van der Waals surface area contributed by atoms with Crippen molar-refractivity contribution in [1.82, 2.24) is 15.2 Å². The molecule has 5 rings (SSSR count). The Labute approximate surface area is 219 Å². The van der Waals surface area contributed by atoms with Crippen molar-refractivity contribution < 1.29 is 9.47 Å². The number of nitrogens with zero attached hydrogens (tertiary/aromatic N) is 3. The molecule has 1 fully saturated rings. The standard InChI is InChI=1S/C32H33N3O2/c1-3-4-22-36-24(2)30-17-18-31(35-34-30)25-9-11-26(12-10-25)32(19-7-20-32)27-13-15-29(16-14-27)37-23-28-8-5-6-21-33-28/h5-6,8-18,21H,2-4,7,19-20,22-23H2,1H3. The van der Waals surface area contributed by atoms with Crippen molar-refractivity contribution >= 4 is 5.76 Å². The Kier molecular flexibility index (Phi) is 7.59. The predicted octanol–water partition coefficient (Wildman–Crippen LogP) is 7.38. The molecule has 2 aromatic heterocycles. The normalized spacial score (nSPS) is 14.0. The molecular formula is C32H33N3O2. The van der Waals surface area contributed by atoms with Gasteiger partial charge in [0.05, 0.1) is 18.0 Å². The molecule has 188 valence electrons. The maximum Gasteiger partial charge on any atom is 0.139 e. The molecule has 2 heterocycles. The fourth-order valence-corrected chi connectivity index (χ4v) is 4.79. The summed E-state index contributed by atoms with van der Waals surface area (Å²) in [5.41, 5.74) is 6.22. The van der Waals surface area contributed by atoms with Gasteiger partial charge >= 0.3 is 0 Å². The minimum atomic E-state index is 0.0567. The highest BCUT2D eigenvalue weighted by Gasteiger charge is 2.40. The van der Waals surface area contributed by atoms with Crippen LogP contribution in [0.15, 0.2) is 91.6 Å². The smallest absolute Gasteiger partial charge is 0.139 e. The monoisotopic (exact) mass is 491 g/mol. The molecule has 37 heavy (non-hydrogen) atoms. The van der Waals surface area contributed by atoms with Gasteiger partial charge in [0.1, 0.15) is 23.8 Å². The van der Waals surface area contributed by atoms with E-state index in [1.54, 1.807) is 6.20 Å². The highest BCUT2D eigenvalue weighted by Crippen LogP contribution is 2.49. The number of ether oxygens (including phenoxy) is 2. The second-order valence-corrected chi connectivity index (χ2v) is 9.58. The summed E-state index contributed by atoms with van der Waals surface area (Å²) in [6, 6.07) is 27.1. The average Bonchev–Trinajstić information content (AvgIpc) is 2.93. The Morgan fingerprint density at radius 3 is 2.24 bits per heavy atom. The van der Waals surface area contributed by atoms with E-state index in [4.69, 9.17) is 9.47 Å². The number of unbranched alkanes of at least 4 members (excludes halogenated alkanes) is 1. The first kappa shape index (κ1) is 24.7. The lowest BCUT2D eigenvalue weighted by Crippen LogP contribution is -2.35. The van der Waals surface area contributed by atoms with Crippen LogP contribution in [-0.4, -0.2) is 21.8 Å². The molecule has 0 bridgehead atoms. The zero-order valence-electron chi connectivity index (χ0n) is 21.4. The van der Waals surface area contributed by atoms with Crippen LogP contribution in [0.4, 0.5) is 0 Å². The van der Waals surface area contributed by atoms with Gasteiger partial charge in [-0.05, 0) is 66.8 Å². The SMILES string of the molecule is C=C(OCCCC)c1ccc(-c2ccc(C3(c4ccc(OCc5ccccn5)cc4)CCC3)cc2)nn1. The Hall–Kier alpha value is -3.99. The van der Waals surface area contributed by atoms with Crippen LogP contribution in [-0.2, 0) is 16.8 Å². The fraction of sp³-hybridized carbons (Fsp3) is 0.281. The summed E-state index contributed by atoms with van der Waals surface area (Å²) in [5.74, 6) is 1.43. The Balaban J connectivity index is 1.26. The van der Waals surface area contributed by atoms with Crippen LogP contribution in [0.5, 0.6) is 5.75 Å². The highest BCUT2D eigenvalue weighted by atomic mass is 16.5. The molecule has 1 aliphatic rings. The van der Waals surface area contributed by atoms with Gasteiger partial charge in [-0.2, -0.15) is 0 Å². The predicted molar refractivity (Wildman–Crippen MR) is 147 cm³/mol. The first-order valence-corrected chi connectivity index (χ1v) is 13.1. The van der Waals surface area contributed by atoms with Gasteiger partial charge in [0.25, 0.3) is 0 Å². The largest absolute Gasteiger partial charge is 0.492 e.